The lowest BCUT2D eigenvalue weighted by molar-refractivity contribution is 0.0662. The van der Waals surface area contributed by atoms with Gasteiger partial charge in [0.15, 0.2) is 0 Å². The largest absolute Gasteiger partial charge is 0.337 e. The molecule has 3 rings (SSSR count). The number of likely N-dealkylation sites (tertiary alicyclic amines) is 1. The number of rotatable bonds is 4. The van der Waals surface area contributed by atoms with Crippen molar-refractivity contribution in [3.8, 4) is 0 Å². The number of hydrogen-bond acceptors (Lipinski definition) is 3. The first-order chi connectivity index (χ1) is 11.6. The molecular weight excluding hydrogens is 298 g/mol. The van der Waals surface area contributed by atoms with Crippen molar-refractivity contribution in [1.29, 1.82) is 0 Å². The van der Waals surface area contributed by atoms with Crippen molar-refractivity contribution in [3.05, 3.63) is 59.2 Å². The topological polar surface area (TPSA) is 46.1 Å². The van der Waals surface area contributed by atoms with Crippen molar-refractivity contribution >= 4 is 5.91 Å². The summed E-state index contributed by atoms with van der Waals surface area (Å²) in [5.41, 5.74) is 4.07. The SMILES string of the molecule is Cc1cnc(C(=O)N2CCCC(CCc3ccccc3C)C2)cn1. The van der Waals surface area contributed by atoms with Crippen LogP contribution in [0.15, 0.2) is 36.7 Å². The average molecular weight is 323 g/mol. The summed E-state index contributed by atoms with van der Waals surface area (Å²) >= 11 is 0. The zero-order chi connectivity index (χ0) is 16.9. The molecule has 0 radical (unpaired) electrons. The molecule has 0 spiro atoms. The highest BCUT2D eigenvalue weighted by Crippen LogP contribution is 2.23. The Morgan fingerprint density at radius 2 is 2.04 bits per heavy atom. The van der Waals surface area contributed by atoms with E-state index in [2.05, 4.69) is 41.2 Å². The number of carbonyl (C=O) groups is 1. The van der Waals surface area contributed by atoms with Gasteiger partial charge in [0.25, 0.3) is 5.91 Å². The third-order valence-corrected chi connectivity index (χ3v) is 4.89. The third kappa shape index (κ3) is 3.99. The molecule has 1 unspecified atom stereocenters. The Morgan fingerprint density at radius 1 is 1.21 bits per heavy atom. The Hall–Kier alpha value is -2.23. The van der Waals surface area contributed by atoms with Gasteiger partial charge >= 0.3 is 0 Å². The molecule has 0 N–H and O–H groups in total. The van der Waals surface area contributed by atoms with Crippen LogP contribution >= 0.6 is 0 Å². The normalized spacial score (nSPS) is 17.8. The molecule has 1 fully saturated rings. The van der Waals surface area contributed by atoms with Gasteiger partial charge in [-0.05, 0) is 56.6 Å². The van der Waals surface area contributed by atoms with Crippen LogP contribution < -0.4 is 0 Å². The highest BCUT2D eigenvalue weighted by molar-refractivity contribution is 5.92. The van der Waals surface area contributed by atoms with Crippen molar-refractivity contribution in [2.75, 3.05) is 13.1 Å². The van der Waals surface area contributed by atoms with E-state index in [1.165, 1.54) is 17.5 Å². The van der Waals surface area contributed by atoms with Crippen LogP contribution in [0.1, 0.15) is 46.6 Å². The van der Waals surface area contributed by atoms with Crippen LogP contribution in [0, 0.1) is 19.8 Å². The highest BCUT2D eigenvalue weighted by Gasteiger charge is 2.25. The molecule has 24 heavy (non-hydrogen) atoms. The first-order valence-electron chi connectivity index (χ1n) is 8.76. The molecule has 2 heterocycles. The highest BCUT2D eigenvalue weighted by atomic mass is 16.2. The maximum atomic E-state index is 12.6. The molecule has 1 atom stereocenters. The molecule has 0 saturated carbocycles. The molecule has 126 valence electrons. The van der Waals surface area contributed by atoms with E-state index in [-0.39, 0.29) is 5.91 Å². The fourth-order valence-electron chi connectivity index (χ4n) is 3.40. The van der Waals surface area contributed by atoms with Gasteiger partial charge in [-0.2, -0.15) is 0 Å². The Labute approximate surface area is 143 Å². The van der Waals surface area contributed by atoms with Crippen molar-refractivity contribution in [3.63, 3.8) is 0 Å². The van der Waals surface area contributed by atoms with Crippen LogP contribution in [0.2, 0.25) is 0 Å². The molecule has 1 aliphatic rings. The fraction of sp³-hybridized carbons (Fsp3) is 0.450. The second kappa shape index (κ2) is 7.56. The molecule has 4 nitrogen and oxygen atoms in total. The molecule has 1 aromatic heterocycles. The lowest BCUT2D eigenvalue weighted by atomic mass is 9.90. The molecule has 1 amide bonds. The minimum Gasteiger partial charge on any atom is -0.337 e. The van der Waals surface area contributed by atoms with Gasteiger partial charge in [-0.15, -0.1) is 0 Å². The first kappa shape index (κ1) is 16.6. The number of aromatic nitrogens is 2. The van der Waals surface area contributed by atoms with E-state index in [4.69, 9.17) is 0 Å². The maximum Gasteiger partial charge on any atom is 0.274 e. The van der Waals surface area contributed by atoms with E-state index in [0.717, 1.165) is 38.0 Å². The van der Waals surface area contributed by atoms with Crippen LogP contribution in [0.5, 0.6) is 0 Å². The molecule has 1 aliphatic heterocycles. The van der Waals surface area contributed by atoms with Gasteiger partial charge in [-0.25, -0.2) is 4.98 Å². The van der Waals surface area contributed by atoms with Gasteiger partial charge in [0, 0.05) is 19.3 Å². The Kier molecular flexibility index (Phi) is 5.24. The smallest absolute Gasteiger partial charge is 0.274 e. The second-order valence-corrected chi connectivity index (χ2v) is 6.77. The minimum atomic E-state index is 0.0168. The van der Waals surface area contributed by atoms with Crippen LogP contribution in [0.3, 0.4) is 0 Å². The van der Waals surface area contributed by atoms with Gasteiger partial charge in [0.1, 0.15) is 5.69 Å². The molecule has 0 aliphatic carbocycles. The van der Waals surface area contributed by atoms with E-state index in [9.17, 15) is 4.79 Å². The summed E-state index contributed by atoms with van der Waals surface area (Å²) in [5.74, 6) is 0.587. The second-order valence-electron chi connectivity index (χ2n) is 6.77. The summed E-state index contributed by atoms with van der Waals surface area (Å²) in [5, 5.41) is 0. The van der Waals surface area contributed by atoms with Gasteiger partial charge in [-0.1, -0.05) is 24.3 Å². The maximum absolute atomic E-state index is 12.6. The van der Waals surface area contributed by atoms with Crippen LogP contribution in [-0.4, -0.2) is 33.9 Å². The fourth-order valence-corrected chi connectivity index (χ4v) is 3.40. The third-order valence-electron chi connectivity index (χ3n) is 4.89. The first-order valence-corrected chi connectivity index (χ1v) is 8.76. The van der Waals surface area contributed by atoms with Gasteiger partial charge < -0.3 is 4.90 Å². The summed E-state index contributed by atoms with van der Waals surface area (Å²) in [6.07, 6.45) is 7.75. The lowest BCUT2D eigenvalue weighted by Crippen LogP contribution is -2.40. The number of amides is 1. The predicted molar refractivity (Wildman–Crippen MR) is 94.9 cm³/mol. The van der Waals surface area contributed by atoms with Crippen LogP contribution in [-0.2, 0) is 6.42 Å². The quantitative estimate of drug-likeness (QED) is 0.864. The standard InChI is InChI=1S/C20H25N3O/c1-15-6-3-4-8-18(15)10-9-17-7-5-11-23(14-17)20(24)19-13-21-16(2)12-22-19/h3-4,6,8,12-13,17H,5,7,9-11,14H2,1-2H3. The van der Waals surface area contributed by atoms with Gasteiger partial charge in [0.05, 0.1) is 11.9 Å². The van der Waals surface area contributed by atoms with Crippen LogP contribution in [0.25, 0.3) is 0 Å². The minimum absolute atomic E-state index is 0.0168. The summed E-state index contributed by atoms with van der Waals surface area (Å²) < 4.78 is 0. The van der Waals surface area contributed by atoms with E-state index >= 15 is 0 Å². The summed E-state index contributed by atoms with van der Waals surface area (Å²) in [7, 11) is 0. The molecule has 1 saturated heterocycles. The Bertz CT molecular complexity index is 696. The number of aryl methyl sites for hydroxylation is 3. The van der Waals surface area contributed by atoms with Gasteiger partial charge in [-0.3, -0.25) is 9.78 Å². The number of piperidine rings is 1. The van der Waals surface area contributed by atoms with E-state index < -0.39 is 0 Å². The number of nitrogens with zero attached hydrogens (tertiary/aromatic N) is 3. The number of carbonyl (C=O) groups excluding carboxylic acids is 1. The van der Waals surface area contributed by atoms with Crippen molar-refractivity contribution in [1.82, 2.24) is 14.9 Å². The zero-order valence-electron chi connectivity index (χ0n) is 14.5. The van der Waals surface area contributed by atoms with Crippen LogP contribution in [0.4, 0.5) is 0 Å². The summed E-state index contributed by atoms with van der Waals surface area (Å²) in [4.78, 5) is 23.0. The van der Waals surface area contributed by atoms with Crippen molar-refractivity contribution < 1.29 is 4.79 Å². The van der Waals surface area contributed by atoms with E-state index in [1.807, 2.05) is 11.8 Å². The summed E-state index contributed by atoms with van der Waals surface area (Å²) in [6, 6.07) is 8.57. The predicted octanol–water partition coefficient (Wildman–Crippen LogP) is 3.58. The Balaban J connectivity index is 1.59. The summed E-state index contributed by atoms with van der Waals surface area (Å²) in [6.45, 7) is 5.71. The molecule has 4 heteroatoms. The number of hydrogen-bond donors (Lipinski definition) is 0. The van der Waals surface area contributed by atoms with Crippen molar-refractivity contribution in [2.45, 2.75) is 39.5 Å². The van der Waals surface area contributed by atoms with E-state index in [1.54, 1.807) is 12.4 Å². The molecule has 1 aromatic carbocycles. The van der Waals surface area contributed by atoms with E-state index in [0.29, 0.717) is 11.6 Å². The lowest BCUT2D eigenvalue weighted by Gasteiger charge is -2.32. The molecule has 2 aromatic rings. The number of benzene rings is 1. The average Bonchev–Trinajstić information content (AvgIpc) is 2.61. The zero-order valence-corrected chi connectivity index (χ0v) is 14.5. The monoisotopic (exact) mass is 323 g/mol. The molecular formula is C20H25N3O. The molecule has 0 bridgehead atoms. The van der Waals surface area contributed by atoms with Crippen molar-refractivity contribution in [2.24, 2.45) is 5.92 Å². The Morgan fingerprint density at radius 3 is 2.79 bits per heavy atom. The van der Waals surface area contributed by atoms with Gasteiger partial charge in [0.2, 0.25) is 0 Å².